The standard InChI is InChI=1S/C26H32N6O3/c1-26(12-11-23(33)34,25(35)32-13-3-4-14-32)18-7-10-21-20(15-18)30-22(31(21)2)16-29-19-8-5-17(6-9-19)24(27)28/h5-10,15,29H,3-4,11-14,16H2,1-2H3,(H3,27,28)(H,33,34). The van der Waals surface area contributed by atoms with Crippen LogP contribution in [-0.2, 0) is 28.6 Å². The van der Waals surface area contributed by atoms with Crippen molar-refractivity contribution in [1.82, 2.24) is 14.5 Å². The molecule has 35 heavy (non-hydrogen) atoms. The minimum atomic E-state index is -0.925. The van der Waals surface area contributed by atoms with E-state index in [1.165, 1.54) is 0 Å². The number of likely N-dealkylation sites (tertiary alicyclic amines) is 1. The van der Waals surface area contributed by atoms with Crippen molar-refractivity contribution in [2.24, 2.45) is 12.8 Å². The van der Waals surface area contributed by atoms with Crippen molar-refractivity contribution < 1.29 is 14.7 Å². The lowest BCUT2D eigenvalue weighted by Crippen LogP contribution is -2.44. The van der Waals surface area contributed by atoms with E-state index in [9.17, 15) is 14.7 Å². The number of amides is 1. The highest BCUT2D eigenvalue weighted by atomic mass is 16.4. The number of aryl methyl sites for hydroxylation is 1. The van der Waals surface area contributed by atoms with Crippen LogP contribution in [0.1, 0.15) is 49.6 Å². The maximum absolute atomic E-state index is 13.5. The first kappa shape index (κ1) is 24.3. The molecule has 1 amide bonds. The van der Waals surface area contributed by atoms with Gasteiger partial charge in [0.1, 0.15) is 11.7 Å². The smallest absolute Gasteiger partial charge is 0.303 e. The van der Waals surface area contributed by atoms with Gasteiger partial charge in [0.25, 0.3) is 0 Å². The van der Waals surface area contributed by atoms with Crippen LogP contribution in [0.5, 0.6) is 0 Å². The van der Waals surface area contributed by atoms with Crippen LogP contribution >= 0.6 is 0 Å². The van der Waals surface area contributed by atoms with E-state index in [-0.39, 0.29) is 24.6 Å². The van der Waals surface area contributed by atoms with Crippen molar-refractivity contribution >= 4 is 34.4 Å². The quantitative estimate of drug-likeness (QED) is 0.276. The molecule has 0 radical (unpaired) electrons. The Morgan fingerprint density at radius 1 is 1.17 bits per heavy atom. The molecule has 1 unspecified atom stereocenters. The average Bonchev–Trinajstić information content (AvgIpc) is 3.49. The number of amidine groups is 1. The van der Waals surface area contributed by atoms with Crippen molar-refractivity contribution in [2.45, 2.75) is 44.6 Å². The molecule has 4 rings (SSSR count). The molecule has 0 saturated carbocycles. The predicted octanol–water partition coefficient (Wildman–Crippen LogP) is 3.21. The van der Waals surface area contributed by atoms with Crippen LogP contribution < -0.4 is 11.1 Å². The molecule has 3 aromatic rings. The molecule has 1 saturated heterocycles. The minimum absolute atomic E-state index is 0.0116. The summed E-state index contributed by atoms with van der Waals surface area (Å²) in [5.74, 6) is -0.0661. The molecule has 1 aliphatic rings. The lowest BCUT2D eigenvalue weighted by molar-refractivity contribution is -0.139. The Hall–Kier alpha value is -3.88. The maximum atomic E-state index is 13.5. The predicted molar refractivity (Wildman–Crippen MR) is 136 cm³/mol. The number of carboxylic acids is 1. The summed E-state index contributed by atoms with van der Waals surface area (Å²) in [5.41, 5.74) is 8.65. The summed E-state index contributed by atoms with van der Waals surface area (Å²) in [6, 6.07) is 13.1. The van der Waals surface area contributed by atoms with E-state index < -0.39 is 11.4 Å². The number of carbonyl (C=O) groups excluding carboxylic acids is 1. The normalized spacial score (nSPS) is 15.2. The number of nitrogens with one attached hydrogen (secondary N) is 2. The monoisotopic (exact) mass is 476 g/mol. The fraction of sp³-hybridized carbons (Fsp3) is 0.385. The highest BCUT2D eigenvalue weighted by molar-refractivity contribution is 5.95. The third-order valence-electron chi connectivity index (χ3n) is 6.96. The van der Waals surface area contributed by atoms with Gasteiger partial charge in [-0.15, -0.1) is 0 Å². The second-order valence-corrected chi connectivity index (χ2v) is 9.36. The number of aromatic nitrogens is 2. The number of nitrogens with zero attached hydrogens (tertiary/aromatic N) is 3. The molecule has 0 bridgehead atoms. The number of fused-ring (bicyclic) bond motifs is 1. The third-order valence-corrected chi connectivity index (χ3v) is 6.96. The zero-order valence-corrected chi connectivity index (χ0v) is 20.2. The highest BCUT2D eigenvalue weighted by Crippen LogP contribution is 2.34. The van der Waals surface area contributed by atoms with E-state index in [2.05, 4.69) is 5.32 Å². The molecule has 0 aliphatic carbocycles. The van der Waals surface area contributed by atoms with Crippen molar-refractivity contribution in [1.29, 1.82) is 5.41 Å². The van der Waals surface area contributed by atoms with Gasteiger partial charge >= 0.3 is 5.97 Å². The summed E-state index contributed by atoms with van der Waals surface area (Å²) in [6.45, 7) is 3.78. The summed E-state index contributed by atoms with van der Waals surface area (Å²) < 4.78 is 2.01. The van der Waals surface area contributed by atoms with E-state index in [0.717, 1.165) is 54.0 Å². The number of nitrogen functional groups attached to an aromatic ring is 1. The zero-order chi connectivity index (χ0) is 25.2. The first-order valence-corrected chi connectivity index (χ1v) is 11.8. The first-order chi connectivity index (χ1) is 16.7. The molecule has 1 aliphatic heterocycles. The highest BCUT2D eigenvalue weighted by Gasteiger charge is 2.39. The number of hydrogen-bond donors (Lipinski definition) is 4. The Bertz CT molecular complexity index is 1260. The summed E-state index contributed by atoms with van der Waals surface area (Å²) in [7, 11) is 1.95. The van der Waals surface area contributed by atoms with Gasteiger partial charge < -0.3 is 25.6 Å². The SMILES string of the molecule is Cn1c(CNc2ccc(C(=N)N)cc2)nc2cc(C(C)(CCC(=O)O)C(=O)N3CCCC3)ccc21. The minimum Gasteiger partial charge on any atom is -0.481 e. The van der Waals surface area contributed by atoms with Gasteiger partial charge in [-0.05, 0) is 68.1 Å². The number of carbonyl (C=O) groups is 2. The van der Waals surface area contributed by atoms with Crippen molar-refractivity contribution in [3.05, 3.63) is 59.4 Å². The van der Waals surface area contributed by atoms with E-state index >= 15 is 0 Å². The molecule has 0 spiro atoms. The molecule has 9 heteroatoms. The number of benzene rings is 2. The summed E-state index contributed by atoms with van der Waals surface area (Å²) in [5, 5.41) is 20.2. The second kappa shape index (κ2) is 9.77. The second-order valence-electron chi connectivity index (χ2n) is 9.36. The molecule has 1 fully saturated rings. The summed E-state index contributed by atoms with van der Waals surface area (Å²) in [4.78, 5) is 31.5. The van der Waals surface area contributed by atoms with Crippen molar-refractivity contribution in [3.63, 3.8) is 0 Å². The Balaban J connectivity index is 1.60. The summed E-state index contributed by atoms with van der Waals surface area (Å²) >= 11 is 0. The molecule has 1 atom stereocenters. The molecule has 2 heterocycles. The first-order valence-electron chi connectivity index (χ1n) is 11.8. The van der Waals surface area contributed by atoms with Gasteiger partial charge in [0.15, 0.2) is 0 Å². The van der Waals surface area contributed by atoms with E-state index in [4.69, 9.17) is 16.1 Å². The lowest BCUT2D eigenvalue weighted by atomic mass is 9.77. The number of anilines is 1. The van der Waals surface area contributed by atoms with E-state index in [1.807, 2.05) is 53.8 Å². The van der Waals surface area contributed by atoms with E-state index in [0.29, 0.717) is 12.1 Å². The van der Waals surface area contributed by atoms with Gasteiger partial charge in [0, 0.05) is 37.8 Å². The number of imidazole rings is 1. The van der Waals surface area contributed by atoms with Crippen LogP contribution in [0.4, 0.5) is 5.69 Å². The Morgan fingerprint density at radius 3 is 2.49 bits per heavy atom. The number of rotatable bonds is 9. The Kier molecular flexibility index (Phi) is 6.77. The van der Waals surface area contributed by atoms with Gasteiger partial charge in [0.05, 0.1) is 23.0 Å². The van der Waals surface area contributed by atoms with Gasteiger partial charge in [-0.25, -0.2) is 4.98 Å². The number of aliphatic carboxylic acids is 1. The van der Waals surface area contributed by atoms with Crippen LogP contribution in [-0.4, -0.2) is 50.4 Å². The molecule has 1 aromatic heterocycles. The van der Waals surface area contributed by atoms with E-state index in [1.54, 1.807) is 12.1 Å². The van der Waals surface area contributed by atoms with Gasteiger partial charge in [-0.3, -0.25) is 15.0 Å². The van der Waals surface area contributed by atoms with Crippen LogP contribution in [0.2, 0.25) is 0 Å². The zero-order valence-electron chi connectivity index (χ0n) is 20.2. The fourth-order valence-electron chi connectivity index (χ4n) is 4.70. The Morgan fingerprint density at radius 2 is 1.86 bits per heavy atom. The van der Waals surface area contributed by atoms with Crippen molar-refractivity contribution in [3.8, 4) is 0 Å². The molecule has 5 N–H and O–H groups in total. The lowest BCUT2D eigenvalue weighted by Gasteiger charge is -2.33. The molecular weight excluding hydrogens is 444 g/mol. The maximum Gasteiger partial charge on any atom is 0.303 e. The van der Waals surface area contributed by atoms with Crippen LogP contribution in [0, 0.1) is 5.41 Å². The van der Waals surface area contributed by atoms with Gasteiger partial charge in [-0.2, -0.15) is 0 Å². The average molecular weight is 477 g/mol. The molecule has 9 nitrogen and oxygen atoms in total. The van der Waals surface area contributed by atoms with Crippen LogP contribution in [0.3, 0.4) is 0 Å². The van der Waals surface area contributed by atoms with Gasteiger partial charge in [0.2, 0.25) is 5.91 Å². The Labute approximate surface area is 204 Å². The number of hydrogen-bond acceptors (Lipinski definition) is 5. The largest absolute Gasteiger partial charge is 0.481 e. The fourth-order valence-corrected chi connectivity index (χ4v) is 4.70. The topological polar surface area (TPSA) is 137 Å². The third kappa shape index (κ3) is 4.99. The van der Waals surface area contributed by atoms with Gasteiger partial charge in [-0.1, -0.05) is 6.07 Å². The molecular formula is C26H32N6O3. The number of carboxylic acid groups (broad SMARTS) is 1. The van der Waals surface area contributed by atoms with Crippen LogP contribution in [0.25, 0.3) is 11.0 Å². The number of nitrogens with two attached hydrogens (primary N) is 1. The molecule has 184 valence electrons. The van der Waals surface area contributed by atoms with Crippen LogP contribution in [0.15, 0.2) is 42.5 Å². The molecule has 2 aromatic carbocycles. The summed E-state index contributed by atoms with van der Waals surface area (Å²) in [6.07, 6.45) is 2.12. The van der Waals surface area contributed by atoms with Crippen molar-refractivity contribution in [2.75, 3.05) is 18.4 Å².